The lowest BCUT2D eigenvalue weighted by molar-refractivity contribution is -0.175. The van der Waals surface area contributed by atoms with Crippen LogP contribution in [0, 0.1) is 17.6 Å². The summed E-state index contributed by atoms with van der Waals surface area (Å²) in [7, 11) is 1.71. The lowest BCUT2D eigenvalue weighted by Gasteiger charge is -2.35. The fourth-order valence-corrected chi connectivity index (χ4v) is 5.77. The van der Waals surface area contributed by atoms with Gasteiger partial charge in [-0.05, 0) is 48.7 Å². The molecule has 0 bridgehead atoms. The van der Waals surface area contributed by atoms with Crippen molar-refractivity contribution in [3.63, 3.8) is 0 Å². The summed E-state index contributed by atoms with van der Waals surface area (Å²) in [6, 6.07) is 9.50. The number of hydrogen-bond donors (Lipinski definition) is 2. The molecular formula is C28H23Cl3F5N5O. The minimum atomic E-state index is -4.29. The monoisotopic (exact) mass is 645 g/mol. The van der Waals surface area contributed by atoms with Crippen LogP contribution in [0.5, 0.6) is 0 Å². The molecule has 1 aliphatic heterocycles. The Kier molecular flexibility index (Phi) is 8.46. The Balaban J connectivity index is 1.39. The number of carbonyl (C=O) groups is 1. The summed E-state index contributed by atoms with van der Waals surface area (Å²) in [5, 5.41) is 6.16. The average Bonchev–Trinajstić information content (AvgIpc) is 3.23. The second-order valence-electron chi connectivity index (χ2n) is 9.91. The molecule has 1 atom stereocenters. The highest BCUT2D eigenvalue weighted by Gasteiger charge is 2.42. The Morgan fingerprint density at radius 1 is 1.07 bits per heavy atom. The third-order valence-electron chi connectivity index (χ3n) is 7.21. The second kappa shape index (κ2) is 11.8. The maximum Gasteiger partial charge on any atom is 0.393 e. The molecule has 0 saturated carbocycles. The number of anilines is 3. The number of nitrogens with zero attached hydrogens (tertiary/aromatic N) is 3. The number of fused-ring (bicyclic) bond motifs is 1. The van der Waals surface area contributed by atoms with E-state index in [1.807, 2.05) is 0 Å². The van der Waals surface area contributed by atoms with Gasteiger partial charge in [0.25, 0.3) is 5.91 Å². The third-order valence-corrected chi connectivity index (χ3v) is 8.26. The van der Waals surface area contributed by atoms with Gasteiger partial charge in [-0.2, -0.15) is 13.2 Å². The fourth-order valence-electron chi connectivity index (χ4n) is 4.96. The fraction of sp³-hybridized carbons (Fsp3) is 0.286. The quantitative estimate of drug-likeness (QED) is 0.207. The van der Waals surface area contributed by atoms with Crippen LogP contribution in [-0.4, -0.2) is 34.7 Å². The van der Waals surface area contributed by atoms with Crippen LogP contribution in [-0.2, 0) is 13.6 Å². The minimum absolute atomic E-state index is 0.0733. The number of halogens is 8. The van der Waals surface area contributed by atoms with Crippen molar-refractivity contribution in [3.05, 3.63) is 80.3 Å². The van der Waals surface area contributed by atoms with Crippen molar-refractivity contribution >= 4 is 69.1 Å². The van der Waals surface area contributed by atoms with Crippen LogP contribution in [0.2, 0.25) is 15.1 Å². The largest absolute Gasteiger partial charge is 0.393 e. The number of rotatable bonds is 6. The van der Waals surface area contributed by atoms with Crippen molar-refractivity contribution in [2.24, 2.45) is 13.0 Å². The summed E-state index contributed by atoms with van der Waals surface area (Å²) in [5.74, 6) is -4.08. The minimum Gasteiger partial charge on any atom is -0.370 e. The number of imidazole rings is 1. The first-order valence-corrected chi connectivity index (χ1v) is 13.9. The number of hydrogen-bond acceptors (Lipinski definition) is 4. The van der Waals surface area contributed by atoms with E-state index in [-0.39, 0.29) is 40.3 Å². The predicted octanol–water partition coefficient (Wildman–Crippen LogP) is 8.26. The van der Waals surface area contributed by atoms with Gasteiger partial charge in [0.2, 0.25) is 5.95 Å². The first-order chi connectivity index (χ1) is 19.8. The van der Waals surface area contributed by atoms with E-state index in [0.717, 1.165) is 18.2 Å². The summed E-state index contributed by atoms with van der Waals surface area (Å²) < 4.78 is 69.9. The Morgan fingerprint density at radius 3 is 2.48 bits per heavy atom. The number of aromatic nitrogens is 2. The number of benzene rings is 3. The van der Waals surface area contributed by atoms with Crippen molar-refractivity contribution in [1.82, 2.24) is 14.9 Å². The molecule has 1 saturated heterocycles. The lowest BCUT2D eigenvalue weighted by Crippen LogP contribution is -2.41. The van der Waals surface area contributed by atoms with E-state index in [2.05, 4.69) is 15.6 Å². The molecule has 1 amide bonds. The van der Waals surface area contributed by atoms with Gasteiger partial charge in [-0.15, -0.1) is 0 Å². The zero-order valence-electron chi connectivity index (χ0n) is 21.9. The van der Waals surface area contributed by atoms with Crippen LogP contribution >= 0.6 is 34.8 Å². The van der Waals surface area contributed by atoms with E-state index in [1.54, 1.807) is 34.7 Å². The smallest absolute Gasteiger partial charge is 0.370 e. The van der Waals surface area contributed by atoms with E-state index in [9.17, 15) is 26.7 Å². The first-order valence-electron chi connectivity index (χ1n) is 12.8. The number of amides is 1. The molecular weight excluding hydrogens is 624 g/mol. The standard InChI is InChI=1S/C28H23Cl3F5N5O/c1-40-22-11-21(41-9-3-4-15(13-41)28(34,35)36)17(30)10-20(22)38-27(40)39-25-16(29)8-7-14(24(25)31)12-37-26(42)23-18(32)5-2-6-19(23)33/h2,5-8,10-11,15H,3-4,9,12-13H2,1H3,(H,37,42)(H,38,39). The molecule has 1 aromatic heterocycles. The number of carbonyl (C=O) groups excluding carboxylic acids is 1. The maximum atomic E-state index is 14.0. The predicted molar refractivity (Wildman–Crippen MR) is 154 cm³/mol. The summed E-state index contributed by atoms with van der Waals surface area (Å²) in [5.41, 5.74) is 1.53. The van der Waals surface area contributed by atoms with Gasteiger partial charge >= 0.3 is 6.18 Å². The summed E-state index contributed by atoms with van der Waals surface area (Å²) in [6.45, 7) is 0.0994. The zero-order valence-corrected chi connectivity index (χ0v) is 24.2. The van der Waals surface area contributed by atoms with Crippen LogP contribution in [0.3, 0.4) is 0 Å². The third kappa shape index (κ3) is 5.95. The maximum absolute atomic E-state index is 14.0. The number of alkyl halides is 3. The van der Waals surface area contributed by atoms with E-state index in [1.165, 1.54) is 6.07 Å². The molecule has 3 aromatic carbocycles. The summed E-state index contributed by atoms with van der Waals surface area (Å²) in [6.07, 6.45) is -3.83. The van der Waals surface area contributed by atoms with Gasteiger partial charge in [0.05, 0.1) is 43.4 Å². The normalized spacial score (nSPS) is 15.7. The molecule has 6 nitrogen and oxygen atoms in total. The van der Waals surface area contributed by atoms with Crippen molar-refractivity contribution in [3.8, 4) is 0 Å². The van der Waals surface area contributed by atoms with Crippen molar-refractivity contribution in [2.45, 2.75) is 25.6 Å². The highest BCUT2D eigenvalue weighted by Crippen LogP contribution is 2.40. The molecule has 0 spiro atoms. The van der Waals surface area contributed by atoms with Gasteiger partial charge in [0.1, 0.15) is 17.2 Å². The number of nitrogens with one attached hydrogen (secondary N) is 2. The summed E-state index contributed by atoms with van der Waals surface area (Å²) in [4.78, 5) is 18.6. The lowest BCUT2D eigenvalue weighted by atomic mass is 9.97. The van der Waals surface area contributed by atoms with Crippen LogP contribution in [0.1, 0.15) is 28.8 Å². The molecule has 4 aromatic rings. The van der Waals surface area contributed by atoms with E-state index in [0.29, 0.717) is 41.2 Å². The summed E-state index contributed by atoms with van der Waals surface area (Å²) >= 11 is 19.5. The Bertz CT molecular complexity index is 1660. The molecule has 2 heterocycles. The van der Waals surface area contributed by atoms with Crippen LogP contribution in [0.15, 0.2) is 42.5 Å². The number of piperidine rings is 1. The van der Waals surface area contributed by atoms with Gasteiger partial charge in [-0.25, -0.2) is 13.8 Å². The first kappa shape index (κ1) is 30.2. The Labute approximate surface area is 252 Å². The number of aryl methyl sites for hydroxylation is 1. The van der Waals surface area contributed by atoms with Crippen LogP contribution < -0.4 is 15.5 Å². The molecule has 222 valence electrons. The van der Waals surface area contributed by atoms with Crippen LogP contribution in [0.25, 0.3) is 11.0 Å². The van der Waals surface area contributed by atoms with Gasteiger partial charge in [-0.1, -0.05) is 46.9 Å². The van der Waals surface area contributed by atoms with Gasteiger partial charge in [-0.3, -0.25) is 4.79 Å². The molecule has 14 heteroatoms. The van der Waals surface area contributed by atoms with Crippen molar-refractivity contribution in [2.75, 3.05) is 23.3 Å². The van der Waals surface area contributed by atoms with Gasteiger partial charge in [0, 0.05) is 26.7 Å². The molecule has 5 rings (SSSR count). The second-order valence-corrected chi connectivity index (χ2v) is 11.1. The van der Waals surface area contributed by atoms with E-state index in [4.69, 9.17) is 34.8 Å². The van der Waals surface area contributed by atoms with Crippen molar-refractivity contribution in [1.29, 1.82) is 0 Å². The Morgan fingerprint density at radius 2 is 1.79 bits per heavy atom. The molecule has 0 radical (unpaired) electrons. The van der Waals surface area contributed by atoms with E-state index < -0.39 is 35.2 Å². The van der Waals surface area contributed by atoms with E-state index >= 15 is 0 Å². The molecule has 2 N–H and O–H groups in total. The molecule has 1 unspecified atom stereocenters. The van der Waals surface area contributed by atoms with Gasteiger partial charge in [0.15, 0.2) is 0 Å². The average molecular weight is 647 g/mol. The van der Waals surface area contributed by atoms with Crippen molar-refractivity contribution < 1.29 is 26.7 Å². The molecule has 0 aliphatic carbocycles. The highest BCUT2D eigenvalue weighted by atomic mass is 35.5. The molecule has 42 heavy (non-hydrogen) atoms. The van der Waals surface area contributed by atoms with Gasteiger partial charge < -0.3 is 20.1 Å². The Hall–Kier alpha value is -3.28. The molecule has 1 aliphatic rings. The highest BCUT2D eigenvalue weighted by molar-refractivity contribution is 6.39. The molecule has 1 fully saturated rings. The SMILES string of the molecule is Cn1c(Nc2c(Cl)ccc(CNC(=O)c3c(F)cccc3F)c2Cl)nc2cc(Cl)c(N3CCCC(C(F)(F)F)C3)cc21. The van der Waals surface area contributed by atoms with Crippen LogP contribution in [0.4, 0.5) is 39.3 Å². The topological polar surface area (TPSA) is 62.2 Å². The zero-order chi connectivity index (χ0) is 30.3.